The summed E-state index contributed by atoms with van der Waals surface area (Å²) in [6, 6.07) is 11.6. The smallest absolute Gasteiger partial charge is 0.256 e. The summed E-state index contributed by atoms with van der Waals surface area (Å²) in [4.78, 5) is 33.3. The number of rotatable bonds is 3. The Kier molecular flexibility index (Phi) is 6.21. The van der Waals surface area contributed by atoms with E-state index < -0.39 is 0 Å². The quantitative estimate of drug-likeness (QED) is 0.710. The second-order valence-electron chi connectivity index (χ2n) is 7.40. The molecule has 2 aliphatic rings. The van der Waals surface area contributed by atoms with Crippen LogP contribution in [0.1, 0.15) is 37.4 Å². The van der Waals surface area contributed by atoms with Gasteiger partial charge in [-0.3, -0.25) is 19.6 Å². The van der Waals surface area contributed by atoms with Gasteiger partial charge in [-0.1, -0.05) is 12.1 Å². The molecule has 1 aromatic carbocycles. The lowest BCUT2D eigenvalue weighted by Crippen LogP contribution is -2.37. The first-order valence-corrected chi connectivity index (χ1v) is 10.2. The van der Waals surface area contributed by atoms with E-state index in [0.29, 0.717) is 6.54 Å². The number of ether oxygens (including phenoxy) is 1. The molecule has 7 nitrogen and oxygen atoms in total. The van der Waals surface area contributed by atoms with E-state index >= 15 is 0 Å². The van der Waals surface area contributed by atoms with Crippen molar-refractivity contribution in [2.45, 2.75) is 19.4 Å². The molecule has 7 heteroatoms. The number of methoxy groups -OCH3 is 1. The van der Waals surface area contributed by atoms with Crippen molar-refractivity contribution < 1.29 is 14.3 Å². The van der Waals surface area contributed by atoms with Crippen LogP contribution >= 0.6 is 0 Å². The normalized spacial score (nSPS) is 14.5. The maximum Gasteiger partial charge on any atom is 0.256 e. The van der Waals surface area contributed by atoms with Gasteiger partial charge in [-0.25, -0.2) is 0 Å². The summed E-state index contributed by atoms with van der Waals surface area (Å²) in [5, 5.41) is 2.76. The summed E-state index contributed by atoms with van der Waals surface area (Å²) in [5.41, 5.74) is 4.75. The lowest BCUT2D eigenvalue weighted by atomic mass is 10.0. The van der Waals surface area contributed by atoms with Gasteiger partial charge in [0.2, 0.25) is 0 Å². The molecule has 0 saturated carbocycles. The Morgan fingerprint density at radius 1 is 0.935 bits per heavy atom. The van der Waals surface area contributed by atoms with Crippen molar-refractivity contribution in [3.63, 3.8) is 0 Å². The van der Waals surface area contributed by atoms with Crippen molar-refractivity contribution in [2.75, 3.05) is 20.2 Å². The molecule has 0 atom stereocenters. The first-order chi connectivity index (χ1) is 15.2. The molecule has 0 fully saturated rings. The molecule has 0 unspecified atom stereocenters. The SMILES string of the molecule is COc1ccc(CN2CCc3ccncc3C2=O)cc1.O=C1NCCc2ccncc21. The van der Waals surface area contributed by atoms with E-state index in [4.69, 9.17) is 4.74 Å². The second kappa shape index (κ2) is 9.38. The van der Waals surface area contributed by atoms with Gasteiger partial charge in [0.25, 0.3) is 11.8 Å². The van der Waals surface area contributed by atoms with Crippen LogP contribution in [-0.4, -0.2) is 46.9 Å². The fourth-order valence-electron chi connectivity index (χ4n) is 3.71. The van der Waals surface area contributed by atoms with E-state index in [-0.39, 0.29) is 11.8 Å². The molecule has 4 heterocycles. The van der Waals surface area contributed by atoms with Crippen molar-refractivity contribution in [3.05, 3.63) is 89.0 Å². The van der Waals surface area contributed by atoms with Gasteiger partial charge in [-0.15, -0.1) is 0 Å². The molecule has 0 aliphatic carbocycles. The molecule has 31 heavy (non-hydrogen) atoms. The van der Waals surface area contributed by atoms with Crippen molar-refractivity contribution >= 4 is 11.8 Å². The Morgan fingerprint density at radius 3 is 2.29 bits per heavy atom. The average molecular weight is 416 g/mol. The van der Waals surface area contributed by atoms with Crippen LogP contribution in [-0.2, 0) is 19.4 Å². The Balaban J connectivity index is 0.000000177. The predicted molar refractivity (Wildman–Crippen MR) is 116 cm³/mol. The van der Waals surface area contributed by atoms with E-state index in [1.165, 1.54) is 0 Å². The fourth-order valence-corrected chi connectivity index (χ4v) is 3.71. The molecule has 3 aromatic rings. The van der Waals surface area contributed by atoms with Gasteiger partial charge in [0.1, 0.15) is 5.75 Å². The zero-order valence-electron chi connectivity index (χ0n) is 17.4. The van der Waals surface area contributed by atoms with E-state index in [9.17, 15) is 9.59 Å². The lowest BCUT2D eigenvalue weighted by Gasteiger charge is -2.28. The topological polar surface area (TPSA) is 84.4 Å². The van der Waals surface area contributed by atoms with E-state index in [2.05, 4.69) is 15.3 Å². The number of nitrogens with one attached hydrogen (secondary N) is 1. The van der Waals surface area contributed by atoms with Gasteiger partial charge in [-0.2, -0.15) is 0 Å². The lowest BCUT2D eigenvalue weighted by molar-refractivity contribution is 0.0726. The van der Waals surface area contributed by atoms with E-state index in [0.717, 1.165) is 59.5 Å². The summed E-state index contributed by atoms with van der Waals surface area (Å²) in [5.74, 6) is 0.891. The van der Waals surface area contributed by atoms with Crippen LogP contribution < -0.4 is 10.1 Å². The summed E-state index contributed by atoms with van der Waals surface area (Å²) in [7, 11) is 1.65. The van der Waals surface area contributed by atoms with Crippen LogP contribution in [0.25, 0.3) is 0 Å². The van der Waals surface area contributed by atoms with Gasteiger partial charge in [0.05, 0.1) is 18.2 Å². The monoisotopic (exact) mass is 416 g/mol. The molecule has 0 spiro atoms. The minimum Gasteiger partial charge on any atom is -0.497 e. The third-order valence-electron chi connectivity index (χ3n) is 5.45. The minimum absolute atomic E-state index is 0.000602. The highest BCUT2D eigenvalue weighted by atomic mass is 16.5. The highest BCUT2D eigenvalue weighted by molar-refractivity contribution is 5.96. The Morgan fingerprint density at radius 2 is 1.61 bits per heavy atom. The van der Waals surface area contributed by atoms with Gasteiger partial charge in [0, 0.05) is 44.4 Å². The maximum atomic E-state index is 12.4. The van der Waals surface area contributed by atoms with Crippen LogP contribution in [0.5, 0.6) is 5.75 Å². The first-order valence-electron chi connectivity index (χ1n) is 10.2. The Labute approximate surface area is 181 Å². The molecule has 0 bridgehead atoms. The van der Waals surface area contributed by atoms with Crippen LogP contribution in [0.2, 0.25) is 0 Å². The number of hydrogen-bond donors (Lipinski definition) is 1. The number of hydrogen-bond acceptors (Lipinski definition) is 5. The van der Waals surface area contributed by atoms with Crippen molar-refractivity contribution in [1.29, 1.82) is 0 Å². The third-order valence-corrected chi connectivity index (χ3v) is 5.45. The molecular weight excluding hydrogens is 392 g/mol. The molecule has 2 aromatic heterocycles. The molecule has 2 aliphatic heterocycles. The molecule has 5 rings (SSSR count). The third kappa shape index (κ3) is 4.71. The van der Waals surface area contributed by atoms with Gasteiger partial charge < -0.3 is 15.0 Å². The van der Waals surface area contributed by atoms with Crippen LogP contribution in [0.3, 0.4) is 0 Å². The maximum absolute atomic E-state index is 12.4. The fraction of sp³-hybridized carbons (Fsp3) is 0.250. The molecule has 2 amide bonds. The zero-order valence-corrected chi connectivity index (χ0v) is 17.4. The minimum atomic E-state index is -0.000602. The largest absolute Gasteiger partial charge is 0.497 e. The highest BCUT2D eigenvalue weighted by Crippen LogP contribution is 2.20. The van der Waals surface area contributed by atoms with Crippen molar-refractivity contribution in [2.24, 2.45) is 0 Å². The summed E-state index contributed by atoms with van der Waals surface area (Å²) < 4.78 is 5.14. The molecule has 0 saturated heterocycles. The number of pyridine rings is 2. The average Bonchev–Trinajstić information content (AvgIpc) is 2.82. The van der Waals surface area contributed by atoms with Gasteiger partial charge >= 0.3 is 0 Å². The number of benzene rings is 1. The zero-order chi connectivity index (χ0) is 21.6. The van der Waals surface area contributed by atoms with Crippen molar-refractivity contribution in [1.82, 2.24) is 20.2 Å². The van der Waals surface area contributed by atoms with Crippen LogP contribution in [0.15, 0.2) is 61.2 Å². The number of aromatic nitrogens is 2. The first kappa shape index (κ1) is 20.5. The molecule has 0 radical (unpaired) electrons. The summed E-state index contributed by atoms with van der Waals surface area (Å²) in [6.07, 6.45) is 8.55. The molecule has 1 N–H and O–H groups in total. The second-order valence-corrected chi connectivity index (χ2v) is 7.40. The number of nitrogens with zero attached hydrogens (tertiary/aromatic N) is 3. The van der Waals surface area contributed by atoms with Crippen molar-refractivity contribution in [3.8, 4) is 5.75 Å². The highest BCUT2D eigenvalue weighted by Gasteiger charge is 2.24. The van der Waals surface area contributed by atoms with Crippen LogP contribution in [0.4, 0.5) is 0 Å². The Hall–Kier alpha value is -3.74. The van der Waals surface area contributed by atoms with E-state index in [1.54, 1.807) is 31.9 Å². The summed E-state index contributed by atoms with van der Waals surface area (Å²) in [6.45, 7) is 2.12. The standard InChI is InChI=1S/C16H16N2O2.C8H8N2O/c1-20-14-4-2-12(3-5-14)11-18-9-7-13-6-8-17-10-15(13)16(18)19;11-8-7-5-9-3-1-6(7)2-4-10-8/h2-6,8,10H,7,9,11H2,1H3;1,3,5H,2,4H2,(H,10,11). The number of amides is 2. The Bertz CT molecular complexity index is 1080. The van der Waals surface area contributed by atoms with E-state index in [1.807, 2.05) is 41.3 Å². The van der Waals surface area contributed by atoms with Crippen LogP contribution in [0, 0.1) is 0 Å². The molecular formula is C24H24N4O3. The predicted octanol–water partition coefficient (Wildman–Crippen LogP) is 2.66. The van der Waals surface area contributed by atoms with Gasteiger partial charge in [0.15, 0.2) is 0 Å². The summed E-state index contributed by atoms with van der Waals surface area (Å²) >= 11 is 0. The molecule has 158 valence electrons. The van der Waals surface area contributed by atoms with Gasteiger partial charge in [-0.05, 0) is 53.8 Å². The number of fused-ring (bicyclic) bond motifs is 2. The number of carbonyl (C=O) groups is 2. The number of carbonyl (C=O) groups excluding carboxylic acids is 2.